The maximum absolute atomic E-state index is 6.16. The second-order valence-corrected chi connectivity index (χ2v) is 5.26. The Balaban J connectivity index is 2.29. The third-order valence-corrected chi connectivity index (χ3v) is 3.36. The summed E-state index contributed by atoms with van der Waals surface area (Å²) in [5.74, 6) is 1.76. The molecule has 0 aliphatic rings. The van der Waals surface area contributed by atoms with Crippen LogP contribution in [0.15, 0.2) is 12.4 Å². The first-order chi connectivity index (χ1) is 8.99. The second-order valence-electron chi connectivity index (χ2n) is 4.90. The molecule has 2 aromatic rings. The molecule has 102 valence electrons. The van der Waals surface area contributed by atoms with Crippen LogP contribution in [0.2, 0.25) is 5.15 Å². The summed E-state index contributed by atoms with van der Waals surface area (Å²) in [5.41, 5.74) is 1.93. The third kappa shape index (κ3) is 3.04. The zero-order valence-corrected chi connectivity index (χ0v) is 12.3. The molecule has 1 unspecified atom stereocenters. The molecule has 2 heterocycles. The van der Waals surface area contributed by atoms with E-state index in [1.807, 2.05) is 27.0 Å². The van der Waals surface area contributed by atoms with E-state index in [-0.39, 0.29) is 12.0 Å². The minimum atomic E-state index is 0.100. The predicted octanol–water partition coefficient (Wildman–Crippen LogP) is 3.46. The van der Waals surface area contributed by atoms with Gasteiger partial charge in [-0.25, -0.2) is 9.97 Å². The molecule has 1 atom stereocenters. The second kappa shape index (κ2) is 5.57. The SMILES string of the molecule is Cc1c(Cl)nc(C(C)C)nc1NC(C)c1cn[nH]c1. The van der Waals surface area contributed by atoms with E-state index in [2.05, 4.69) is 32.4 Å². The van der Waals surface area contributed by atoms with E-state index >= 15 is 0 Å². The molecule has 0 aromatic carbocycles. The average Bonchev–Trinajstić information content (AvgIpc) is 2.88. The van der Waals surface area contributed by atoms with Crippen molar-refractivity contribution in [3.05, 3.63) is 34.5 Å². The number of anilines is 1. The first-order valence-electron chi connectivity index (χ1n) is 6.28. The van der Waals surface area contributed by atoms with E-state index in [4.69, 9.17) is 11.6 Å². The summed E-state index contributed by atoms with van der Waals surface area (Å²) >= 11 is 6.16. The lowest BCUT2D eigenvalue weighted by Gasteiger charge is -2.17. The van der Waals surface area contributed by atoms with Gasteiger partial charge in [-0.15, -0.1) is 0 Å². The number of hydrogen-bond acceptors (Lipinski definition) is 4. The molecule has 0 fully saturated rings. The summed E-state index contributed by atoms with van der Waals surface area (Å²) in [6.07, 6.45) is 3.65. The smallest absolute Gasteiger partial charge is 0.137 e. The van der Waals surface area contributed by atoms with Crippen molar-refractivity contribution in [2.45, 2.75) is 39.7 Å². The fraction of sp³-hybridized carbons (Fsp3) is 0.462. The van der Waals surface area contributed by atoms with Gasteiger partial charge in [-0.05, 0) is 13.8 Å². The molecule has 0 aliphatic heterocycles. The molecule has 6 heteroatoms. The molecular weight excluding hydrogens is 262 g/mol. The summed E-state index contributed by atoms with van der Waals surface area (Å²) in [6.45, 7) is 8.06. The van der Waals surface area contributed by atoms with Crippen molar-refractivity contribution in [1.29, 1.82) is 0 Å². The van der Waals surface area contributed by atoms with Crippen LogP contribution in [0.1, 0.15) is 49.7 Å². The van der Waals surface area contributed by atoms with Crippen LogP contribution in [0.3, 0.4) is 0 Å². The summed E-state index contributed by atoms with van der Waals surface area (Å²) in [6, 6.07) is 0.100. The highest BCUT2D eigenvalue weighted by Crippen LogP contribution is 2.25. The number of H-pyrrole nitrogens is 1. The monoisotopic (exact) mass is 279 g/mol. The van der Waals surface area contributed by atoms with Crippen LogP contribution in [0.4, 0.5) is 5.82 Å². The van der Waals surface area contributed by atoms with Crippen LogP contribution in [0.5, 0.6) is 0 Å². The van der Waals surface area contributed by atoms with Gasteiger partial charge < -0.3 is 5.32 Å². The van der Waals surface area contributed by atoms with Crippen LogP contribution in [0.25, 0.3) is 0 Å². The highest BCUT2D eigenvalue weighted by molar-refractivity contribution is 6.30. The van der Waals surface area contributed by atoms with Gasteiger partial charge in [-0.2, -0.15) is 5.10 Å². The van der Waals surface area contributed by atoms with E-state index < -0.39 is 0 Å². The Hall–Kier alpha value is -1.62. The quantitative estimate of drug-likeness (QED) is 0.841. The Kier molecular flexibility index (Phi) is 4.04. The van der Waals surface area contributed by atoms with Gasteiger partial charge in [0.15, 0.2) is 0 Å². The number of nitrogens with one attached hydrogen (secondary N) is 2. The maximum atomic E-state index is 6.16. The van der Waals surface area contributed by atoms with Gasteiger partial charge in [0, 0.05) is 23.2 Å². The summed E-state index contributed by atoms with van der Waals surface area (Å²) in [7, 11) is 0. The highest BCUT2D eigenvalue weighted by Gasteiger charge is 2.14. The van der Waals surface area contributed by atoms with Crippen molar-refractivity contribution in [3.8, 4) is 0 Å². The number of nitrogens with zero attached hydrogens (tertiary/aromatic N) is 3. The van der Waals surface area contributed by atoms with Crippen molar-refractivity contribution < 1.29 is 0 Å². The van der Waals surface area contributed by atoms with E-state index in [1.165, 1.54) is 0 Å². The van der Waals surface area contributed by atoms with Crippen molar-refractivity contribution >= 4 is 17.4 Å². The lowest BCUT2D eigenvalue weighted by Crippen LogP contribution is -2.11. The average molecular weight is 280 g/mol. The molecule has 0 bridgehead atoms. The standard InChI is InChI=1S/C13H18ClN5/c1-7(2)12-18-11(14)8(3)13(19-12)17-9(4)10-5-15-16-6-10/h5-7,9H,1-4H3,(H,15,16)(H,17,18,19). The Morgan fingerprint density at radius 2 is 2.00 bits per heavy atom. The molecule has 0 saturated carbocycles. The Bertz CT molecular complexity index is 550. The van der Waals surface area contributed by atoms with Crippen molar-refractivity contribution in [3.63, 3.8) is 0 Å². The first kappa shape index (κ1) is 13.8. The number of aromatic nitrogens is 4. The van der Waals surface area contributed by atoms with Gasteiger partial charge in [-0.1, -0.05) is 25.4 Å². The zero-order chi connectivity index (χ0) is 14.0. The van der Waals surface area contributed by atoms with Gasteiger partial charge in [0.1, 0.15) is 16.8 Å². The van der Waals surface area contributed by atoms with Gasteiger partial charge in [-0.3, -0.25) is 5.10 Å². The van der Waals surface area contributed by atoms with Crippen LogP contribution in [0, 0.1) is 6.92 Å². The summed E-state index contributed by atoms with van der Waals surface area (Å²) in [4.78, 5) is 8.84. The molecule has 2 N–H and O–H groups in total. The number of rotatable bonds is 4. The largest absolute Gasteiger partial charge is 0.363 e. The lowest BCUT2D eigenvalue weighted by molar-refractivity contribution is 0.765. The maximum Gasteiger partial charge on any atom is 0.137 e. The van der Waals surface area contributed by atoms with Crippen LogP contribution < -0.4 is 5.32 Å². The molecule has 19 heavy (non-hydrogen) atoms. The number of aromatic amines is 1. The number of hydrogen-bond donors (Lipinski definition) is 2. The van der Waals surface area contributed by atoms with Gasteiger partial charge >= 0.3 is 0 Å². The molecule has 0 aliphatic carbocycles. The highest BCUT2D eigenvalue weighted by atomic mass is 35.5. The van der Waals surface area contributed by atoms with Crippen molar-refractivity contribution in [1.82, 2.24) is 20.2 Å². The molecule has 5 nitrogen and oxygen atoms in total. The van der Waals surface area contributed by atoms with Gasteiger partial charge in [0.05, 0.1) is 12.2 Å². The van der Waals surface area contributed by atoms with Crippen molar-refractivity contribution in [2.24, 2.45) is 0 Å². The van der Waals surface area contributed by atoms with Crippen molar-refractivity contribution in [2.75, 3.05) is 5.32 Å². The Morgan fingerprint density at radius 3 is 2.58 bits per heavy atom. The normalized spacial score (nSPS) is 12.7. The van der Waals surface area contributed by atoms with E-state index in [1.54, 1.807) is 6.20 Å². The minimum Gasteiger partial charge on any atom is -0.363 e. The fourth-order valence-electron chi connectivity index (χ4n) is 1.69. The Morgan fingerprint density at radius 1 is 1.26 bits per heavy atom. The van der Waals surface area contributed by atoms with Gasteiger partial charge in [0.25, 0.3) is 0 Å². The Labute approximate surface area is 117 Å². The van der Waals surface area contributed by atoms with E-state index in [0.717, 1.165) is 22.8 Å². The van der Waals surface area contributed by atoms with E-state index in [0.29, 0.717) is 5.15 Å². The lowest BCUT2D eigenvalue weighted by atomic mass is 10.1. The summed E-state index contributed by atoms with van der Waals surface area (Å²) in [5, 5.41) is 10.6. The first-order valence-corrected chi connectivity index (χ1v) is 6.66. The minimum absolute atomic E-state index is 0.100. The number of halogens is 1. The summed E-state index contributed by atoms with van der Waals surface area (Å²) < 4.78 is 0. The van der Waals surface area contributed by atoms with E-state index in [9.17, 15) is 0 Å². The molecule has 0 amide bonds. The zero-order valence-electron chi connectivity index (χ0n) is 11.5. The predicted molar refractivity (Wildman–Crippen MR) is 76.5 cm³/mol. The molecule has 0 radical (unpaired) electrons. The molecule has 2 aromatic heterocycles. The topological polar surface area (TPSA) is 66.5 Å². The molecule has 0 spiro atoms. The molecular formula is C13H18ClN5. The third-order valence-electron chi connectivity index (χ3n) is 2.99. The molecule has 2 rings (SSSR count). The van der Waals surface area contributed by atoms with Crippen LogP contribution in [-0.4, -0.2) is 20.2 Å². The fourth-order valence-corrected chi connectivity index (χ4v) is 1.87. The van der Waals surface area contributed by atoms with Gasteiger partial charge in [0.2, 0.25) is 0 Å². The van der Waals surface area contributed by atoms with Crippen LogP contribution in [-0.2, 0) is 0 Å². The van der Waals surface area contributed by atoms with Crippen LogP contribution >= 0.6 is 11.6 Å². The molecule has 0 saturated heterocycles.